The Morgan fingerprint density at radius 2 is 2.28 bits per heavy atom. The van der Waals surface area contributed by atoms with E-state index in [-0.39, 0.29) is 18.0 Å². The number of rotatable bonds is 4. The second-order valence-electron chi connectivity index (χ2n) is 3.19. The summed E-state index contributed by atoms with van der Waals surface area (Å²) in [6, 6.07) is 4.56. The molecule has 0 aliphatic heterocycles. The van der Waals surface area contributed by atoms with Gasteiger partial charge in [-0.1, -0.05) is 27.3 Å². The third-order valence-corrected chi connectivity index (χ3v) is 3.17. The molecule has 0 amide bonds. The number of nitrogen functional groups attached to an aromatic ring is 1. The maximum absolute atomic E-state index is 10.8. The molecule has 2 aromatic rings. The van der Waals surface area contributed by atoms with Crippen molar-refractivity contribution in [3.63, 3.8) is 0 Å². The lowest BCUT2D eigenvalue weighted by molar-refractivity contribution is -0.386. The Morgan fingerprint density at radius 3 is 2.89 bits per heavy atom. The smallest absolute Gasteiger partial charge is 0.312 e. The molecular weight excluding hydrogens is 324 g/mol. The highest BCUT2D eigenvalue weighted by Crippen LogP contribution is 2.30. The molecule has 1 aromatic carbocycles. The summed E-state index contributed by atoms with van der Waals surface area (Å²) in [4.78, 5) is 10.3. The fraction of sp³-hybridized carbons (Fsp3) is 0.111. The van der Waals surface area contributed by atoms with Crippen molar-refractivity contribution in [1.82, 2.24) is 10.2 Å². The Kier molecular flexibility index (Phi) is 3.72. The summed E-state index contributed by atoms with van der Waals surface area (Å²) in [6.45, 7) is 0.0946. The number of ether oxygens (including phenoxy) is 1. The van der Waals surface area contributed by atoms with Gasteiger partial charge in [0, 0.05) is 10.5 Å². The predicted molar refractivity (Wildman–Crippen MR) is 69.4 cm³/mol. The maximum Gasteiger partial charge on any atom is 0.312 e. The van der Waals surface area contributed by atoms with Crippen LogP contribution in [0.5, 0.6) is 5.75 Å². The van der Waals surface area contributed by atoms with Gasteiger partial charge in [0.1, 0.15) is 6.61 Å². The first-order chi connectivity index (χ1) is 8.56. The van der Waals surface area contributed by atoms with Gasteiger partial charge in [-0.3, -0.25) is 10.1 Å². The SMILES string of the molecule is Nc1nnc(COc2ccc(Br)cc2[N+](=O)[O-])s1. The molecule has 18 heavy (non-hydrogen) atoms. The second kappa shape index (κ2) is 5.27. The van der Waals surface area contributed by atoms with Crippen LogP contribution in [0.15, 0.2) is 22.7 Å². The Labute approximate surface area is 114 Å². The van der Waals surface area contributed by atoms with Gasteiger partial charge in [0.15, 0.2) is 10.8 Å². The van der Waals surface area contributed by atoms with Gasteiger partial charge in [-0.05, 0) is 12.1 Å². The van der Waals surface area contributed by atoms with Crippen molar-refractivity contribution in [3.05, 3.63) is 37.8 Å². The Morgan fingerprint density at radius 1 is 1.50 bits per heavy atom. The zero-order chi connectivity index (χ0) is 13.1. The van der Waals surface area contributed by atoms with Crippen LogP contribution < -0.4 is 10.5 Å². The molecule has 1 aromatic heterocycles. The monoisotopic (exact) mass is 330 g/mol. The van der Waals surface area contributed by atoms with E-state index in [0.29, 0.717) is 14.6 Å². The van der Waals surface area contributed by atoms with Crippen LogP contribution in [-0.4, -0.2) is 15.1 Å². The molecule has 0 fully saturated rings. The van der Waals surface area contributed by atoms with Gasteiger partial charge < -0.3 is 10.5 Å². The van der Waals surface area contributed by atoms with Crippen LogP contribution in [-0.2, 0) is 6.61 Å². The van der Waals surface area contributed by atoms with Gasteiger partial charge in [0.25, 0.3) is 0 Å². The van der Waals surface area contributed by atoms with Crippen LogP contribution in [0.2, 0.25) is 0 Å². The number of aromatic nitrogens is 2. The molecule has 0 saturated heterocycles. The standard InChI is InChI=1S/C9H7BrN4O3S/c10-5-1-2-7(6(3-5)14(15)16)17-4-8-12-13-9(11)18-8/h1-3H,4H2,(H2,11,13). The van der Waals surface area contributed by atoms with Crippen LogP contribution in [0.25, 0.3) is 0 Å². The second-order valence-corrected chi connectivity index (χ2v) is 5.20. The van der Waals surface area contributed by atoms with Gasteiger partial charge in [0.2, 0.25) is 5.13 Å². The fourth-order valence-electron chi connectivity index (χ4n) is 1.22. The third-order valence-electron chi connectivity index (χ3n) is 1.95. The van der Waals surface area contributed by atoms with Crippen molar-refractivity contribution in [2.75, 3.05) is 5.73 Å². The molecule has 0 unspecified atom stereocenters. The number of nitro groups is 1. The van der Waals surface area contributed by atoms with Crippen molar-refractivity contribution < 1.29 is 9.66 Å². The normalized spacial score (nSPS) is 10.3. The Bertz CT molecular complexity index is 589. The van der Waals surface area contributed by atoms with E-state index in [1.165, 1.54) is 23.5 Å². The molecule has 0 saturated carbocycles. The molecule has 2 rings (SSSR count). The first-order valence-electron chi connectivity index (χ1n) is 4.71. The largest absolute Gasteiger partial charge is 0.479 e. The summed E-state index contributed by atoms with van der Waals surface area (Å²) in [7, 11) is 0. The molecule has 7 nitrogen and oxygen atoms in total. The molecule has 0 radical (unpaired) electrons. The van der Waals surface area contributed by atoms with Crippen molar-refractivity contribution in [2.24, 2.45) is 0 Å². The Hall–Kier alpha value is -1.74. The van der Waals surface area contributed by atoms with E-state index in [0.717, 1.165) is 0 Å². The fourth-order valence-corrected chi connectivity index (χ4v) is 2.09. The molecule has 0 atom stereocenters. The lowest BCUT2D eigenvalue weighted by atomic mass is 10.3. The molecule has 9 heteroatoms. The summed E-state index contributed by atoms with van der Waals surface area (Å²) < 4.78 is 5.96. The van der Waals surface area contributed by atoms with Crippen molar-refractivity contribution in [3.8, 4) is 5.75 Å². The topological polar surface area (TPSA) is 104 Å². The van der Waals surface area contributed by atoms with Gasteiger partial charge in [-0.15, -0.1) is 10.2 Å². The summed E-state index contributed by atoms with van der Waals surface area (Å²) >= 11 is 4.34. The molecule has 94 valence electrons. The molecule has 0 bridgehead atoms. The summed E-state index contributed by atoms with van der Waals surface area (Å²) in [5, 5.41) is 19.1. The highest BCUT2D eigenvalue weighted by atomic mass is 79.9. The summed E-state index contributed by atoms with van der Waals surface area (Å²) in [5.41, 5.74) is 5.31. The first-order valence-corrected chi connectivity index (χ1v) is 6.32. The molecular formula is C9H7BrN4O3S. The van der Waals surface area contributed by atoms with Crippen LogP contribution in [0.3, 0.4) is 0 Å². The summed E-state index contributed by atoms with van der Waals surface area (Å²) in [5.74, 6) is 0.178. The van der Waals surface area contributed by atoms with E-state index < -0.39 is 4.92 Å². The quantitative estimate of drug-likeness (QED) is 0.681. The molecule has 0 aliphatic rings. The minimum atomic E-state index is -0.505. The lowest BCUT2D eigenvalue weighted by Crippen LogP contribution is -1.99. The third kappa shape index (κ3) is 2.93. The average molecular weight is 331 g/mol. The Balaban J connectivity index is 2.16. The van der Waals surface area contributed by atoms with Crippen LogP contribution >= 0.6 is 27.3 Å². The molecule has 1 heterocycles. The summed E-state index contributed by atoms with van der Waals surface area (Å²) in [6.07, 6.45) is 0. The average Bonchev–Trinajstić information content (AvgIpc) is 2.73. The van der Waals surface area contributed by atoms with Crippen molar-refractivity contribution >= 4 is 38.1 Å². The highest BCUT2D eigenvalue weighted by molar-refractivity contribution is 9.10. The lowest BCUT2D eigenvalue weighted by Gasteiger charge is -2.04. The van der Waals surface area contributed by atoms with E-state index in [2.05, 4.69) is 26.1 Å². The maximum atomic E-state index is 10.8. The number of nitrogens with two attached hydrogens (primary N) is 1. The first kappa shape index (κ1) is 12.7. The predicted octanol–water partition coefficient (Wildman–Crippen LogP) is 2.37. The van der Waals surface area contributed by atoms with Crippen molar-refractivity contribution in [2.45, 2.75) is 6.61 Å². The van der Waals surface area contributed by atoms with Gasteiger partial charge >= 0.3 is 5.69 Å². The minimum absolute atomic E-state index is 0.0946. The molecule has 0 spiro atoms. The number of benzene rings is 1. The van der Waals surface area contributed by atoms with E-state index in [4.69, 9.17) is 10.5 Å². The van der Waals surface area contributed by atoms with E-state index >= 15 is 0 Å². The van der Waals surface area contributed by atoms with Gasteiger partial charge in [0.05, 0.1) is 4.92 Å². The van der Waals surface area contributed by atoms with Gasteiger partial charge in [-0.2, -0.15) is 0 Å². The zero-order valence-corrected chi connectivity index (χ0v) is 11.3. The molecule has 2 N–H and O–H groups in total. The van der Waals surface area contributed by atoms with Gasteiger partial charge in [-0.25, -0.2) is 0 Å². The van der Waals surface area contributed by atoms with E-state index in [9.17, 15) is 10.1 Å². The van der Waals surface area contributed by atoms with E-state index in [1.54, 1.807) is 6.07 Å². The highest BCUT2D eigenvalue weighted by Gasteiger charge is 2.16. The van der Waals surface area contributed by atoms with E-state index in [1.807, 2.05) is 0 Å². The molecule has 0 aliphatic carbocycles. The number of nitrogens with zero attached hydrogens (tertiary/aromatic N) is 3. The number of hydrogen-bond donors (Lipinski definition) is 1. The minimum Gasteiger partial charge on any atom is -0.479 e. The number of nitro benzene ring substituents is 1. The van der Waals surface area contributed by atoms with Crippen LogP contribution in [0, 0.1) is 10.1 Å². The zero-order valence-electron chi connectivity index (χ0n) is 8.87. The van der Waals surface area contributed by atoms with Crippen molar-refractivity contribution in [1.29, 1.82) is 0 Å². The van der Waals surface area contributed by atoms with Crippen LogP contribution in [0.4, 0.5) is 10.8 Å². The number of halogens is 1. The number of anilines is 1. The number of hydrogen-bond acceptors (Lipinski definition) is 7. The van der Waals surface area contributed by atoms with Crippen LogP contribution in [0.1, 0.15) is 5.01 Å².